The number of carbonyl (C=O) groups is 1. The minimum absolute atomic E-state index is 0.111. The van der Waals surface area contributed by atoms with Crippen molar-refractivity contribution in [2.45, 2.75) is 33.7 Å². The Hall–Kier alpha value is -1.77. The summed E-state index contributed by atoms with van der Waals surface area (Å²) in [6.45, 7) is 6.83. The van der Waals surface area contributed by atoms with Crippen molar-refractivity contribution in [3.05, 3.63) is 29.5 Å². The van der Waals surface area contributed by atoms with Gasteiger partial charge in [0.25, 0.3) is 0 Å². The quantitative estimate of drug-likeness (QED) is 0.836. The first-order valence-corrected chi connectivity index (χ1v) is 6.46. The zero-order valence-corrected chi connectivity index (χ0v) is 11.5. The zero-order valence-electron chi connectivity index (χ0n) is 11.5. The van der Waals surface area contributed by atoms with Crippen LogP contribution in [0.2, 0.25) is 0 Å². The molecular weight excluding hydrogens is 224 g/mol. The van der Waals surface area contributed by atoms with Crippen molar-refractivity contribution in [1.82, 2.24) is 4.57 Å². The molecule has 0 aliphatic heterocycles. The van der Waals surface area contributed by atoms with E-state index in [1.165, 1.54) is 16.5 Å². The maximum Gasteiger partial charge on any atom is 0.159 e. The fourth-order valence-corrected chi connectivity index (χ4v) is 2.44. The van der Waals surface area contributed by atoms with Crippen LogP contribution in [0.4, 0.5) is 5.69 Å². The number of nitrogens with zero attached hydrogens (tertiary/aromatic N) is 1. The molecule has 3 nitrogen and oxygen atoms in total. The lowest BCUT2D eigenvalue weighted by Gasteiger charge is -2.09. The second-order valence-electron chi connectivity index (χ2n) is 4.52. The van der Waals surface area contributed by atoms with Gasteiger partial charge in [0, 0.05) is 30.7 Å². The van der Waals surface area contributed by atoms with Gasteiger partial charge >= 0.3 is 0 Å². The normalized spacial score (nSPS) is 10.9. The van der Waals surface area contributed by atoms with Gasteiger partial charge in [-0.2, -0.15) is 0 Å². The standard InChI is InChI=1S/C15H20N2O/c1-5-11-9-17(6-2)15-13(11)7-12(10(3)18)8-14(15)16-4/h7-9,16H,5-6H2,1-4H3. The molecule has 0 unspecified atom stereocenters. The summed E-state index contributed by atoms with van der Waals surface area (Å²) in [5.41, 5.74) is 4.29. The molecule has 0 amide bonds. The molecule has 1 aromatic heterocycles. The van der Waals surface area contributed by atoms with E-state index in [0.717, 1.165) is 24.2 Å². The lowest BCUT2D eigenvalue weighted by molar-refractivity contribution is 0.101. The van der Waals surface area contributed by atoms with Gasteiger partial charge in [-0.15, -0.1) is 0 Å². The molecular formula is C15H20N2O. The minimum atomic E-state index is 0.111. The highest BCUT2D eigenvalue weighted by molar-refractivity contribution is 6.03. The number of anilines is 1. The SMILES string of the molecule is CCc1cn(CC)c2c(NC)cc(C(C)=O)cc12. The lowest BCUT2D eigenvalue weighted by Crippen LogP contribution is -2.00. The summed E-state index contributed by atoms with van der Waals surface area (Å²) in [7, 11) is 1.90. The number of Topliss-reactive ketones (excluding diaryl/α,β-unsaturated/α-hetero) is 1. The van der Waals surface area contributed by atoms with Gasteiger partial charge in [-0.3, -0.25) is 4.79 Å². The van der Waals surface area contributed by atoms with E-state index in [4.69, 9.17) is 0 Å². The molecule has 0 saturated heterocycles. The van der Waals surface area contributed by atoms with E-state index in [1.807, 2.05) is 19.2 Å². The Kier molecular flexibility index (Phi) is 3.41. The number of nitrogens with one attached hydrogen (secondary N) is 1. The highest BCUT2D eigenvalue weighted by Gasteiger charge is 2.13. The number of rotatable bonds is 4. The maximum absolute atomic E-state index is 11.6. The van der Waals surface area contributed by atoms with Crippen LogP contribution in [-0.2, 0) is 13.0 Å². The van der Waals surface area contributed by atoms with Crippen LogP contribution in [0.3, 0.4) is 0 Å². The first-order chi connectivity index (χ1) is 8.62. The number of aryl methyl sites for hydroxylation is 2. The number of ketones is 1. The van der Waals surface area contributed by atoms with Crippen LogP contribution < -0.4 is 5.32 Å². The molecule has 0 bridgehead atoms. The first-order valence-electron chi connectivity index (χ1n) is 6.46. The molecule has 1 heterocycles. The molecule has 0 aliphatic carbocycles. The predicted octanol–water partition coefficient (Wildman–Crippen LogP) is 3.47. The second-order valence-corrected chi connectivity index (χ2v) is 4.52. The van der Waals surface area contributed by atoms with Crippen LogP contribution in [0.25, 0.3) is 10.9 Å². The molecule has 0 atom stereocenters. The van der Waals surface area contributed by atoms with Crippen molar-refractivity contribution in [3.63, 3.8) is 0 Å². The number of hydrogen-bond donors (Lipinski definition) is 1. The van der Waals surface area contributed by atoms with Crippen molar-refractivity contribution < 1.29 is 4.79 Å². The van der Waals surface area contributed by atoms with Crippen molar-refractivity contribution in [2.75, 3.05) is 12.4 Å². The van der Waals surface area contributed by atoms with E-state index in [-0.39, 0.29) is 5.78 Å². The summed E-state index contributed by atoms with van der Waals surface area (Å²) in [4.78, 5) is 11.6. The fraction of sp³-hybridized carbons (Fsp3) is 0.400. The predicted molar refractivity (Wildman–Crippen MR) is 76.5 cm³/mol. The van der Waals surface area contributed by atoms with Gasteiger partial charge in [0.15, 0.2) is 5.78 Å². The molecule has 0 fully saturated rings. The second kappa shape index (κ2) is 4.84. The Labute approximate surface area is 108 Å². The number of carbonyl (C=O) groups excluding carboxylic acids is 1. The van der Waals surface area contributed by atoms with Gasteiger partial charge in [0.1, 0.15) is 0 Å². The Bertz CT molecular complexity index is 596. The lowest BCUT2D eigenvalue weighted by atomic mass is 10.0. The topological polar surface area (TPSA) is 34.0 Å². The molecule has 0 spiro atoms. The molecule has 2 rings (SSSR count). The van der Waals surface area contributed by atoms with Crippen LogP contribution in [-0.4, -0.2) is 17.4 Å². The van der Waals surface area contributed by atoms with Gasteiger partial charge in [-0.05, 0) is 38.0 Å². The highest BCUT2D eigenvalue weighted by Crippen LogP contribution is 2.30. The van der Waals surface area contributed by atoms with E-state index in [0.29, 0.717) is 0 Å². The van der Waals surface area contributed by atoms with Gasteiger partial charge in [0.2, 0.25) is 0 Å². The molecule has 0 saturated carbocycles. The molecule has 96 valence electrons. The Morgan fingerprint density at radius 2 is 2.06 bits per heavy atom. The van der Waals surface area contributed by atoms with Crippen molar-refractivity contribution in [3.8, 4) is 0 Å². The van der Waals surface area contributed by atoms with E-state index >= 15 is 0 Å². The smallest absolute Gasteiger partial charge is 0.159 e. The molecule has 2 aromatic rings. The number of hydrogen-bond acceptors (Lipinski definition) is 2. The summed E-state index contributed by atoms with van der Waals surface area (Å²) in [5, 5.41) is 4.40. The van der Waals surface area contributed by atoms with Gasteiger partial charge in [0.05, 0.1) is 11.2 Å². The third kappa shape index (κ3) is 1.90. The average Bonchev–Trinajstić information content (AvgIpc) is 2.75. The fourth-order valence-electron chi connectivity index (χ4n) is 2.44. The number of benzene rings is 1. The Morgan fingerprint density at radius 3 is 2.56 bits per heavy atom. The van der Waals surface area contributed by atoms with Crippen LogP contribution in [0.1, 0.15) is 36.7 Å². The molecule has 1 aromatic carbocycles. The highest BCUT2D eigenvalue weighted by atomic mass is 16.1. The van der Waals surface area contributed by atoms with Gasteiger partial charge in [-0.25, -0.2) is 0 Å². The van der Waals surface area contributed by atoms with E-state index in [1.54, 1.807) is 6.92 Å². The maximum atomic E-state index is 11.6. The van der Waals surface area contributed by atoms with E-state index in [9.17, 15) is 4.79 Å². The summed E-state index contributed by atoms with van der Waals surface area (Å²) < 4.78 is 2.24. The molecule has 18 heavy (non-hydrogen) atoms. The average molecular weight is 244 g/mol. The molecule has 0 radical (unpaired) electrons. The zero-order chi connectivity index (χ0) is 13.3. The van der Waals surface area contributed by atoms with Crippen LogP contribution >= 0.6 is 0 Å². The largest absolute Gasteiger partial charge is 0.386 e. The van der Waals surface area contributed by atoms with Crippen molar-refractivity contribution in [1.29, 1.82) is 0 Å². The summed E-state index contributed by atoms with van der Waals surface area (Å²) >= 11 is 0. The van der Waals surface area contributed by atoms with Crippen LogP contribution in [0.15, 0.2) is 18.3 Å². The van der Waals surface area contributed by atoms with Crippen LogP contribution in [0, 0.1) is 0 Å². The monoisotopic (exact) mass is 244 g/mol. The van der Waals surface area contributed by atoms with Crippen LogP contribution in [0.5, 0.6) is 0 Å². The molecule has 0 aliphatic rings. The number of fused-ring (bicyclic) bond motifs is 1. The van der Waals surface area contributed by atoms with Gasteiger partial charge < -0.3 is 9.88 Å². The summed E-state index contributed by atoms with van der Waals surface area (Å²) in [6.07, 6.45) is 3.17. The van der Waals surface area contributed by atoms with Crippen molar-refractivity contribution >= 4 is 22.4 Å². The third-order valence-electron chi connectivity index (χ3n) is 3.45. The molecule has 3 heteroatoms. The Balaban J connectivity index is 2.83. The van der Waals surface area contributed by atoms with E-state index < -0.39 is 0 Å². The summed E-state index contributed by atoms with van der Waals surface area (Å²) in [6, 6.07) is 3.96. The molecule has 1 N–H and O–H groups in total. The van der Waals surface area contributed by atoms with E-state index in [2.05, 4.69) is 29.9 Å². The summed E-state index contributed by atoms with van der Waals surface area (Å²) in [5.74, 6) is 0.111. The first kappa shape index (κ1) is 12.7. The Morgan fingerprint density at radius 1 is 1.33 bits per heavy atom. The number of aromatic nitrogens is 1. The van der Waals surface area contributed by atoms with Gasteiger partial charge in [-0.1, -0.05) is 6.92 Å². The minimum Gasteiger partial charge on any atom is -0.386 e. The third-order valence-corrected chi connectivity index (χ3v) is 3.45. The van der Waals surface area contributed by atoms with Crippen molar-refractivity contribution in [2.24, 2.45) is 0 Å².